The lowest BCUT2D eigenvalue weighted by Crippen LogP contribution is -2.29. The summed E-state index contributed by atoms with van der Waals surface area (Å²) in [5.74, 6) is 0.360. The summed E-state index contributed by atoms with van der Waals surface area (Å²) >= 11 is 1.58. The van der Waals surface area contributed by atoms with Gasteiger partial charge in [0.1, 0.15) is 5.00 Å². The zero-order chi connectivity index (χ0) is 23.1. The van der Waals surface area contributed by atoms with Crippen LogP contribution in [0.3, 0.4) is 0 Å². The Labute approximate surface area is 190 Å². The van der Waals surface area contributed by atoms with Crippen molar-refractivity contribution < 1.29 is 9.59 Å². The Morgan fingerprint density at radius 3 is 2.26 bits per heavy atom. The van der Waals surface area contributed by atoms with E-state index in [1.165, 1.54) is 10.4 Å². The van der Waals surface area contributed by atoms with Crippen LogP contribution in [0.25, 0.3) is 0 Å². The van der Waals surface area contributed by atoms with Gasteiger partial charge in [-0.05, 0) is 73.3 Å². The Kier molecular flexibility index (Phi) is 6.39. The van der Waals surface area contributed by atoms with Gasteiger partial charge < -0.3 is 10.6 Å². The van der Waals surface area contributed by atoms with Crippen molar-refractivity contribution in [1.29, 1.82) is 0 Å². The second-order valence-corrected chi connectivity index (χ2v) is 12.1. The molecule has 2 N–H and O–H groups in total. The quantitative estimate of drug-likeness (QED) is 0.554. The summed E-state index contributed by atoms with van der Waals surface area (Å²) in [4.78, 5) is 27.4. The molecule has 0 radical (unpaired) electrons. The lowest BCUT2D eigenvalue weighted by Gasteiger charge is -2.33. The summed E-state index contributed by atoms with van der Waals surface area (Å²) in [6.45, 7) is 16.6. The predicted molar refractivity (Wildman–Crippen MR) is 131 cm³/mol. The Hall–Kier alpha value is -2.14. The maximum absolute atomic E-state index is 13.4. The van der Waals surface area contributed by atoms with Crippen molar-refractivity contribution in [2.24, 2.45) is 16.7 Å². The van der Waals surface area contributed by atoms with Crippen LogP contribution in [0.2, 0.25) is 0 Å². The third kappa shape index (κ3) is 5.20. The first-order valence-electron chi connectivity index (χ1n) is 11.1. The number of hydrogen-bond donors (Lipinski definition) is 2. The van der Waals surface area contributed by atoms with Gasteiger partial charge in [-0.2, -0.15) is 0 Å². The number of benzene rings is 1. The van der Waals surface area contributed by atoms with Gasteiger partial charge in [0.15, 0.2) is 0 Å². The summed E-state index contributed by atoms with van der Waals surface area (Å²) in [5, 5.41) is 6.82. The predicted octanol–water partition coefficient (Wildman–Crippen LogP) is 6.75. The molecule has 1 atom stereocenters. The molecule has 168 valence electrons. The van der Waals surface area contributed by atoms with Gasteiger partial charge in [0, 0.05) is 16.0 Å². The molecule has 0 fully saturated rings. The average Bonchev–Trinajstić information content (AvgIpc) is 3.00. The molecule has 0 spiro atoms. The van der Waals surface area contributed by atoms with Crippen molar-refractivity contribution in [3.63, 3.8) is 0 Å². The van der Waals surface area contributed by atoms with Gasteiger partial charge in [-0.15, -0.1) is 11.3 Å². The summed E-state index contributed by atoms with van der Waals surface area (Å²) in [6, 6.07) is 5.95. The highest BCUT2D eigenvalue weighted by atomic mass is 32.1. The van der Waals surface area contributed by atoms with Gasteiger partial charge >= 0.3 is 0 Å². The smallest absolute Gasteiger partial charge is 0.258 e. The molecule has 1 unspecified atom stereocenters. The van der Waals surface area contributed by atoms with E-state index in [1.807, 2.05) is 45.9 Å². The lowest BCUT2D eigenvalue weighted by molar-refractivity contribution is -0.123. The molecular formula is C26H36N2O2S. The van der Waals surface area contributed by atoms with E-state index in [0.29, 0.717) is 16.5 Å². The largest absolute Gasteiger partial charge is 0.322 e. The Morgan fingerprint density at radius 1 is 1.00 bits per heavy atom. The number of thiophene rings is 1. The Morgan fingerprint density at radius 2 is 1.68 bits per heavy atom. The maximum atomic E-state index is 13.4. The molecule has 3 rings (SSSR count). The second-order valence-electron chi connectivity index (χ2n) is 11.0. The van der Waals surface area contributed by atoms with Crippen molar-refractivity contribution in [2.45, 2.75) is 74.7 Å². The molecule has 2 amide bonds. The fourth-order valence-electron chi connectivity index (χ4n) is 3.96. The molecule has 1 aliphatic rings. The standard InChI is InChI=1S/C26H36N2O2S/c1-15-9-11-18(13-16(15)2)27-22(29)21-19-12-10-17(25(3,4)5)14-20(19)31-23(21)28-24(30)26(6,7)8/h9,11,13,17H,10,12,14H2,1-8H3,(H,27,29)(H,28,30). The van der Waals surface area contributed by atoms with Crippen molar-refractivity contribution in [2.75, 3.05) is 10.6 Å². The van der Waals surface area contributed by atoms with Crippen molar-refractivity contribution >= 4 is 33.8 Å². The first-order valence-corrected chi connectivity index (χ1v) is 11.9. The molecule has 0 aliphatic heterocycles. The second kappa shape index (κ2) is 8.42. The number of anilines is 2. The van der Waals surface area contributed by atoms with Crippen LogP contribution in [0.5, 0.6) is 0 Å². The highest BCUT2D eigenvalue weighted by Gasteiger charge is 2.35. The minimum absolute atomic E-state index is 0.0706. The third-order valence-corrected chi connectivity index (χ3v) is 7.56. The Balaban J connectivity index is 1.98. The van der Waals surface area contributed by atoms with Crippen molar-refractivity contribution in [1.82, 2.24) is 0 Å². The maximum Gasteiger partial charge on any atom is 0.258 e. The summed E-state index contributed by atoms with van der Waals surface area (Å²) in [5.41, 5.74) is 4.55. The van der Waals surface area contributed by atoms with Crippen LogP contribution in [-0.2, 0) is 17.6 Å². The molecule has 0 bridgehead atoms. The minimum Gasteiger partial charge on any atom is -0.322 e. The fourth-order valence-corrected chi connectivity index (χ4v) is 5.28. The van der Waals surface area contributed by atoms with Crippen molar-refractivity contribution in [3.8, 4) is 0 Å². The lowest BCUT2D eigenvalue weighted by atomic mass is 9.72. The number of rotatable bonds is 3. The average molecular weight is 441 g/mol. The van der Waals surface area contributed by atoms with Crippen LogP contribution in [0.1, 0.15) is 79.9 Å². The molecule has 1 heterocycles. The number of carbonyl (C=O) groups excluding carboxylic acids is 2. The highest BCUT2D eigenvalue weighted by molar-refractivity contribution is 7.17. The molecular weight excluding hydrogens is 404 g/mol. The monoisotopic (exact) mass is 440 g/mol. The van der Waals surface area contributed by atoms with E-state index in [4.69, 9.17) is 0 Å². The van der Waals surface area contributed by atoms with Gasteiger partial charge in [-0.25, -0.2) is 0 Å². The minimum atomic E-state index is -0.528. The van der Waals surface area contributed by atoms with Gasteiger partial charge in [-0.3, -0.25) is 9.59 Å². The van der Waals surface area contributed by atoms with E-state index in [9.17, 15) is 9.59 Å². The normalized spacial score (nSPS) is 16.6. The molecule has 0 saturated heterocycles. The van der Waals surface area contributed by atoms with Gasteiger partial charge in [0.2, 0.25) is 5.91 Å². The number of aryl methyl sites for hydroxylation is 2. The summed E-state index contributed by atoms with van der Waals surface area (Å²) < 4.78 is 0. The summed E-state index contributed by atoms with van der Waals surface area (Å²) in [7, 11) is 0. The van der Waals surface area contributed by atoms with Gasteiger partial charge in [0.25, 0.3) is 5.91 Å². The fraction of sp³-hybridized carbons (Fsp3) is 0.538. The van der Waals surface area contributed by atoms with Crippen LogP contribution in [0, 0.1) is 30.6 Å². The van der Waals surface area contributed by atoms with Gasteiger partial charge in [0.05, 0.1) is 5.56 Å². The van der Waals surface area contributed by atoms with E-state index >= 15 is 0 Å². The van der Waals surface area contributed by atoms with Crippen LogP contribution < -0.4 is 10.6 Å². The summed E-state index contributed by atoms with van der Waals surface area (Å²) in [6.07, 6.45) is 2.89. The third-order valence-electron chi connectivity index (χ3n) is 6.39. The molecule has 5 heteroatoms. The number of amides is 2. The zero-order valence-electron chi connectivity index (χ0n) is 20.2. The molecule has 1 aromatic heterocycles. The number of hydrogen-bond acceptors (Lipinski definition) is 3. The number of fused-ring (bicyclic) bond motifs is 1. The number of nitrogens with one attached hydrogen (secondary N) is 2. The topological polar surface area (TPSA) is 58.2 Å². The SMILES string of the molecule is Cc1ccc(NC(=O)c2c(NC(=O)C(C)(C)C)sc3c2CCC(C(C)(C)C)C3)cc1C. The first kappa shape index (κ1) is 23.5. The molecule has 1 aromatic carbocycles. The molecule has 0 saturated carbocycles. The van der Waals surface area contributed by atoms with Crippen LogP contribution in [0.4, 0.5) is 10.7 Å². The number of carbonyl (C=O) groups is 2. The van der Waals surface area contributed by atoms with Crippen LogP contribution >= 0.6 is 11.3 Å². The first-order chi connectivity index (χ1) is 14.3. The van der Waals surface area contributed by atoms with E-state index < -0.39 is 5.41 Å². The van der Waals surface area contributed by atoms with E-state index in [1.54, 1.807) is 11.3 Å². The highest BCUT2D eigenvalue weighted by Crippen LogP contribution is 2.44. The van der Waals surface area contributed by atoms with Crippen LogP contribution in [0.15, 0.2) is 18.2 Å². The van der Waals surface area contributed by atoms with E-state index in [2.05, 4.69) is 38.3 Å². The Bertz CT molecular complexity index is 1010. The molecule has 2 aromatic rings. The molecule has 4 nitrogen and oxygen atoms in total. The van der Waals surface area contributed by atoms with Crippen LogP contribution in [-0.4, -0.2) is 11.8 Å². The van der Waals surface area contributed by atoms with E-state index in [-0.39, 0.29) is 17.2 Å². The zero-order valence-corrected chi connectivity index (χ0v) is 21.0. The molecule has 1 aliphatic carbocycles. The van der Waals surface area contributed by atoms with Gasteiger partial charge in [-0.1, -0.05) is 47.6 Å². The molecule has 31 heavy (non-hydrogen) atoms. The van der Waals surface area contributed by atoms with Crippen molar-refractivity contribution in [3.05, 3.63) is 45.3 Å². The van der Waals surface area contributed by atoms with E-state index in [0.717, 1.165) is 36.1 Å².